The molecule has 0 unspecified atom stereocenters. The Hall–Kier alpha value is -2.41. The minimum atomic E-state index is -0.912. The van der Waals surface area contributed by atoms with E-state index in [1.54, 1.807) is 24.3 Å². The van der Waals surface area contributed by atoms with Gasteiger partial charge in [0.05, 0.1) is 31.8 Å². The van der Waals surface area contributed by atoms with Gasteiger partial charge in [-0.05, 0) is 59.0 Å². The van der Waals surface area contributed by atoms with Gasteiger partial charge in [0.15, 0.2) is 5.82 Å². The lowest BCUT2D eigenvalue weighted by atomic mass is 10.1. The Morgan fingerprint density at radius 2 is 1.97 bits per heavy atom. The third-order valence-electron chi connectivity index (χ3n) is 3.90. The zero-order chi connectivity index (χ0) is 21.8. The molecule has 0 saturated carbocycles. The molecule has 0 heterocycles. The number of nitrogens with zero attached hydrogens (tertiary/aromatic N) is 1. The monoisotopic (exact) mass is 559 g/mol. The average Bonchev–Trinajstić information content (AvgIpc) is 2.72. The number of nitro groups is 1. The molecule has 0 aliphatic carbocycles. The van der Waals surface area contributed by atoms with E-state index in [-0.39, 0.29) is 21.8 Å². The molecule has 7 nitrogen and oxygen atoms in total. The van der Waals surface area contributed by atoms with Crippen molar-refractivity contribution in [3.8, 4) is 0 Å². The molecule has 1 amide bonds. The number of carbonyl (C=O) groups excluding carboxylic acids is 1. The van der Waals surface area contributed by atoms with Crippen LogP contribution < -0.4 is 10.8 Å². The number of non-ortho nitro benzene ring substituents is 1. The lowest BCUT2D eigenvalue weighted by Gasteiger charge is -2.15. The number of amides is 1. The highest BCUT2D eigenvalue weighted by molar-refractivity contribution is 14.1. The largest absolute Gasteiger partial charge is 0.351 e. The second-order valence-corrected chi connectivity index (χ2v) is 8.62. The van der Waals surface area contributed by atoms with Crippen molar-refractivity contribution < 1.29 is 19.3 Å². The molecule has 0 spiro atoms. The normalized spacial score (nSPS) is 10.5. The van der Waals surface area contributed by atoms with Gasteiger partial charge in [-0.15, -0.1) is 0 Å². The van der Waals surface area contributed by atoms with Gasteiger partial charge in [0.2, 0.25) is 0 Å². The molecule has 0 fully saturated rings. The summed E-state index contributed by atoms with van der Waals surface area (Å²) >= 11 is 9.24. The van der Waals surface area contributed by atoms with Crippen LogP contribution in [0.15, 0.2) is 64.4 Å². The van der Waals surface area contributed by atoms with Crippen LogP contribution >= 0.6 is 46.0 Å². The maximum atomic E-state index is 15.3. The quantitative estimate of drug-likeness (QED) is 0.148. The van der Waals surface area contributed by atoms with Crippen LogP contribution in [0.3, 0.4) is 0 Å². The van der Waals surface area contributed by atoms with Gasteiger partial charge in [-0.2, -0.15) is 0 Å². The fourth-order valence-electron chi connectivity index (χ4n) is 2.52. The standard InChI is InChI=1S/C19H12ClFIN3O4S/c20-14-8-10(22)4-6-15(14)23-18-13(19(26)24-27)5-7-16(17(18)21)30-12-3-1-2-11(9-12)25(28)29/h1-9,23,27H,(H,24,26). The predicted octanol–water partition coefficient (Wildman–Crippen LogP) is 6.01. The van der Waals surface area contributed by atoms with E-state index >= 15 is 4.39 Å². The lowest BCUT2D eigenvalue weighted by Crippen LogP contribution is -2.20. The van der Waals surface area contributed by atoms with E-state index in [1.165, 1.54) is 35.8 Å². The lowest BCUT2D eigenvalue weighted by molar-refractivity contribution is -0.385. The van der Waals surface area contributed by atoms with E-state index in [0.29, 0.717) is 15.6 Å². The van der Waals surface area contributed by atoms with Gasteiger partial charge < -0.3 is 5.32 Å². The summed E-state index contributed by atoms with van der Waals surface area (Å²) in [5, 5.41) is 23.1. The Balaban J connectivity index is 2.04. The first kappa shape index (κ1) is 22.3. The highest BCUT2D eigenvalue weighted by atomic mass is 127. The van der Waals surface area contributed by atoms with Crippen LogP contribution in [0.5, 0.6) is 0 Å². The van der Waals surface area contributed by atoms with Crippen LogP contribution in [0, 0.1) is 19.5 Å². The van der Waals surface area contributed by atoms with Crippen LogP contribution in [0.4, 0.5) is 21.5 Å². The number of halogens is 3. The number of nitrogens with one attached hydrogen (secondary N) is 2. The third kappa shape index (κ3) is 5.01. The zero-order valence-corrected chi connectivity index (χ0v) is 18.6. The molecule has 154 valence electrons. The molecule has 3 aromatic rings. The van der Waals surface area contributed by atoms with Gasteiger partial charge in [-0.3, -0.25) is 20.1 Å². The molecule has 0 aliphatic rings. The van der Waals surface area contributed by atoms with Crippen LogP contribution in [0.25, 0.3) is 0 Å². The van der Waals surface area contributed by atoms with Gasteiger partial charge in [0.25, 0.3) is 11.6 Å². The number of carbonyl (C=O) groups is 1. The number of anilines is 2. The third-order valence-corrected chi connectivity index (χ3v) is 5.91. The Labute approximate surface area is 192 Å². The summed E-state index contributed by atoms with van der Waals surface area (Å²) in [6, 6.07) is 13.5. The molecule has 3 aromatic carbocycles. The summed E-state index contributed by atoms with van der Waals surface area (Å²) in [5.41, 5.74) is 1.38. The van der Waals surface area contributed by atoms with E-state index < -0.39 is 16.6 Å². The molecular formula is C19H12ClFIN3O4S. The first-order chi connectivity index (χ1) is 14.3. The fourth-order valence-corrected chi connectivity index (χ4v) is 4.33. The highest BCUT2D eigenvalue weighted by Gasteiger charge is 2.20. The van der Waals surface area contributed by atoms with Gasteiger partial charge in [-0.1, -0.05) is 29.4 Å². The summed E-state index contributed by atoms with van der Waals surface area (Å²) in [5.74, 6) is -1.69. The summed E-state index contributed by atoms with van der Waals surface area (Å²) in [6.07, 6.45) is 0. The molecule has 0 saturated heterocycles. The zero-order valence-electron chi connectivity index (χ0n) is 14.9. The summed E-state index contributed by atoms with van der Waals surface area (Å²) in [6.45, 7) is 0. The Morgan fingerprint density at radius 1 is 1.20 bits per heavy atom. The molecule has 3 rings (SSSR count). The van der Waals surface area contributed by atoms with Crippen molar-refractivity contribution in [1.82, 2.24) is 5.48 Å². The van der Waals surface area contributed by atoms with Crippen molar-refractivity contribution in [2.75, 3.05) is 5.32 Å². The van der Waals surface area contributed by atoms with Crippen LogP contribution in [-0.4, -0.2) is 16.0 Å². The number of hydrogen-bond acceptors (Lipinski definition) is 6. The number of hydroxylamine groups is 1. The van der Waals surface area contributed by atoms with Crippen molar-refractivity contribution in [3.63, 3.8) is 0 Å². The molecule has 0 atom stereocenters. The number of hydrogen-bond donors (Lipinski definition) is 3. The Bertz CT molecular complexity index is 1150. The van der Waals surface area contributed by atoms with Crippen LogP contribution in [-0.2, 0) is 0 Å². The van der Waals surface area contributed by atoms with Gasteiger partial charge in [-0.25, -0.2) is 9.87 Å². The first-order valence-corrected chi connectivity index (χ1v) is 10.5. The second-order valence-electron chi connectivity index (χ2n) is 5.85. The molecule has 0 aliphatic heterocycles. The van der Waals surface area contributed by atoms with Crippen LogP contribution in [0.1, 0.15) is 10.4 Å². The van der Waals surface area contributed by atoms with E-state index in [2.05, 4.69) is 27.9 Å². The molecule has 30 heavy (non-hydrogen) atoms. The fraction of sp³-hybridized carbons (Fsp3) is 0. The summed E-state index contributed by atoms with van der Waals surface area (Å²) in [4.78, 5) is 23.0. The minimum absolute atomic E-state index is 0.120. The minimum Gasteiger partial charge on any atom is -0.351 e. The second kappa shape index (κ2) is 9.60. The molecular weight excluding hydrogens is 548 g/mol. The molecule has 3 N–H and O–H groups in total. The van der Waals surface area contributed by atoms with Gasteiger partial charge in [0, 0.05) is 20.6 Å². The Morgan fingerprint density at radius 3 is 2.63 bits per heavy atom. The van der Waals surface area contributed by atoms with E-state index in [1.807, 2.05) is 0 Å². The molecule has 0 bridgehead atoms. The van der Waals surface area contributed by atoms with Gasteiger partial charge >= 0.3 is 0 Å². The maximum Gasteiger partial charge on any atom is 0.276 e. The van der Waals surface area contributed by atoms with Crippen molar-refractivity contribution in [2.45, 2.75) is 9.79 Å². The highest BCUT2D eigenvalue weighted by Crippen LogP contribution is 2.38. The maximum absolute atomic E-state index is 15.3. The van der Waals surface area contributed by atoms with E-state index in [0.717, 1.165) is 15.3 Å². The van der Waals surface area contributed by atoms with Crippen LogP contribution in [0.2, 0.25) is 5.02 Å². The topological polar surface area (TPSA) is 104 Å². The predicted molar refractivity (Wildman–Crippen MR) is 120 cm³/mol. The Kier molecular flexibility index (Phi) is 7.13. The van der Waals surface area contributed by atoms with Crippen molar-refractivity contribution in [1.29, 1.82) is 0 Å². The molecule has 11 heteroatoms. The smallest absolute Gasteiger partial charge is 0.276 e. The number of rotatable bonds is 6. The van der Waals surface area contributed by atoms with Gasteiger partial charge in [0.1, 0.15) is 0 Å². The van der Waals surface area contributed by atoms with E-state index in [9.17, 15) is 14.9 Å². The number of benzene rings is 3. The molecule has 0 radical (unpaired) electrons. The van der Waals surface area contributed by atoms with E-state index in [4.69, 9.17) is 16.8 Å². The average molecular weight is 560 g/mol. The SMILES string of the molecule is O=C(NO)c1ccc(Sc2cccc([N+](=O)[O-])c2)c(F)c1Nc1ccc(I)cc1Cl. The first-order valence-electron chi connectivity index (χ1n) is 8.21. The summed E-state index contributed by atoms with van der Waals surface area (Å²) in [7, 11) is 0. The van der Waals surface area contributed by atoms with Crippen molar-refractivity contribution in [3.05, 3.63) is 84.7 Å². The van der Waals surface area contributed by atoms with Crippen molar-refractivity contribution >= 4 is 68.9 Å². The van der Waals surface area contributed by atoms with Crippen molar-refractivity contribution in [2.24, 2.45) is 0 Å². The molecule has 0 aromatic heterocycles. The summed E-state index contributed by atoms with van der Waals surface area (Å²) < 4.78 is 16.2. The number of nitro benzene ring substituents is 1.